The fourth-order valence-electron chi connectivity index (χ4n) is 0.700. The zero-order valence-corrected chi connectivity index (χ0v) is 6.63. The molecule has 1 atom stereocenters. The summed E-state index contributed by atoms with van der Waals surface area (Å²) >= 11 is 0. The zero-order chi connectivity index (χ0) is 8.69. The van der Waals surface area contributed by atoms with E-state index in [4.69, 9.17) is 11.0 Å². The zero-order valence-electron chi connectivity index (χ0n) is 6.63. The summed E-state index contributed by atoms with van der Waals surface area (Å²) in [6, 6.07) is 1.34. The molecule has 0 radical (unpaired) electrons. The van der Waals surface area contributed by atoms with E-state index in [2.05, 4.69) is 5.32 Å². The Morgan fingerprint density at radius 3 is 2.91 bits per heavy atom. The number of carbonyl (C=O) groups excluding carboxylic acids is 1. The standard InChI is InChI=1S/C7H13N3O/c1-2-3-6(9)7(11)10-5-4-8/h6H,2-3,5,9H2,1H3,(H,10,11). The molecule has 4 heteroatoms. The summed E-state index contributed by atoms with van der Waals surface area (Å²) in [5.41, 5.74) is 5.45. The average molecular weight is 155 g/mol. The smallest absolute Gasteiger partial charge is 0.237 e. The number of nitrogens with two attached hydrogens (primary N) is 1. The van der Waals surface area contributed by atoms with Crippen LogP contribution in [0.1, 0.15) is 19.8 Å². The summed E-state index contributed by atoms with van der Waals surface area (Å²) in [5, 5.41) is 10.5. The third-order valence-electron chi connectivity index (χ3n) is 1.28. The number of carbonyl (C=O) groups is 1. The molecule has 0 aliphatic rings. The van der Waals surface area contributed by atoms with E-state index in [-0.39, 0.29) is 12.5 Å². The second-order valence-corrected chi connectivity index (χ2v) is 2.27. The van der Waals surface area contributed by atoms with Crippen molar-refractivity contribution < 1.29 is 4.79 Å². The van der Waals surface area contributed by atoms with Crippen LogP contribution in [0, 0.1) is 11.3 Å². The first-order chi connectivity index (χ1) is 5.22. The van der Waals surface area contributed by atoms with Gasteiger partial charge in [-0.25, -0.2) is 0 Å². The van der Waals surface area contributed by atoms with Crippen LogP contribution in [0.25, 0.3) is 0 Å². The summed E-state index contributed by atoms with van der Waals surface area (Å²) in [7, 11) is 0. The van der Waals surface area contributed by atoms with E-state index < -0.39 is 6.04 Å². The van der Waals surface area contributed by atoms with Crippen molar-refractivity contribution in [1.29, 1.82) is 5.26 Å². The lowest BCUT2D eigenvalue weighted by atomic mass is 10.2. The van der Waals surface area contributed by atoms with Crippen LogP contribution in [0.4, 0.5) is 0 Å². The number of hydrogen-bond acceptors (Lipinski definition) is 3. The number of nitriles is 1. The van der Waals surface area contributed by atoms with E-state index in [0.717, 1.165) is 6.42 Å². The quantitative estimate of drug-likeness (QED) is 0.549. The van der Waals surface area contributed by atoms with Crippen LogP contribution in [0.5, 0.6) is 0 Å². The lowest BCUT2D eigenvalue weighted by molar-refractivity contribution is -0.122. The summed E-state index contributed by atoms with van der Waals surface area (Å²) in [5.74, 6) is -0.242. The van der Waals surface area contributed by atoms with Crippen LogP contribution in [-0.2, 0) is 4.79 Å². The molecule has 1 unspecified atom stereocenters. The van der Waals surface area contributed by atoms with Crippen LogP contribution >= 0.6 is 0 Å². The predicted octanol–water partition coefficient (Wildman–Crippen LogP) is -0.246. The Labute approximate surface area is 66.4 Å². The molecule has 0 aromatic heterocycles. The molecule has 0 spiro atoms. The molecule has 0 fully saturated rings. The van der Waals surface area contributed by atoms with Gasteiger partial charge in [0.05, 0.1) is 12.1 Å². The molecule has 0 aliphatic carbocycles. The van der Waals surface area contributed by atoms with Gasteiger partial charge in [-0.15, -0.1) is 0 Å². The van der Waals surface area contributed by atoms with E-state index in [1.54, 1.807) is 0 Å². The highest BCUT2D eigenvalue weighted by Crippen LogP contribution is 1.91. The highest BCUT2D eigenvalue weighted by molar-refractivity contribution is 5.81. The largest absolute Gasteiger partial charge is 0.342 e. The fraction of sp³-hybridized carbons (Fsp3) is 0.714. The van der Waals surface area contributed by atoms with Crippen LogP contribution in [0.3, 0.4) is 0 Å². The second kappa shape index (κ2) is 5.69. The maximum absolute atomic E-state index is 10.9. The van der Waals surface area contributed by atoms with Gasteiger partial charge in [0.15, 0.2) is 0 Å². The van der Waals surface area contributed by atoms with Gasteiger partial charge in [0, 0.05) is 0 Å². The predicted molar refractivity (Wildman–Crippen MR) is 41.5 cm³/mol. The van der Waals surface area contributed by atoms with Gasteiger partial charge >= 0.3 is 0 Å². The molecule has 0 rings (SSSR count). The molecule has 62 valence electrons. The first kappa shape index (κ1) is 9.92. The Morgan fingerprint density at radius 1 is 1.82 bits per heavy atom. The average Bonchev–Trinajstić information content (AvgIpc) is 2.00. The number of rotatable bonds is 4. The van der Waals surface area contributed by atoms with Crippen molar-refractivity contribution in [3.05, 3.63) is 0 Å². The van der Waals surface area contributed by atoms with E-state index in [9.17, 15) is 4.79 Å². The van der Waals surface area contributed by atoms with Gasteiger partial charge < -0.3 is 11.1 Å². The summed E-state index contributed by atoms with van der Waals surface area (Å²) in [6.07, 6.45) is 1.54. The Hall–Kier alpha value is -1.08. The molecule has 0 saturated carbocycles. The molecule has 0 saturated heterocycles. The highest BCUT2D eigenvalue weighted by Gasteiger charge is 2.10. The molecular weight excluding hydrogens is 142 g/mol. The first-order valence-electron chi connectivity index (χ1n) is 3.62. The normalized spacial score (nSPS) is 11.7. The Morgan fingerprint density at radius 2 is 2.45 bits per heavy atom. The van der Waals surface area contributed by atoms with E-state index in [1.807, 2.05) is 13.0 Å². The lowest BCUT2D eigenvalue weighted by Gasteiger charge is -2.07. The van der Waals surface area contributed by atoms with Crippen molar-refractivity contribution in [1.82, 2.24) is 5.32 Å². The minimum absolute atomic E-state index is 0.0379. The van der Waals surface area contributed by atoms with E-state index >= 15 is 0 Å². The van der Waals surface area contributed by atoms with Crippen LogP contribution in [0.2, 0.25) is 0 Å². The molecule has 0 aromatic rings. The molecule has 0 heterocycles. The highest BCUT2D eigenvalue weighted by atomic mass is 16.2. The summed E-state index contributed by atoms with van der Waals surface area (Å²) in [6.45, 7) is 1.99. The van der Waals surface area contributed by atoms with Crippen LogP contribution < -0.4 is 11.1 Å². The van der Waals surface area contributed by atoms with Crippen molar-refractivity contribution in [2.24, 2.45) is 5.73 Å². The Kier molecular flexibility index (Phi) is 5.13. The van der Waals surface area contributed by atoms with Crippen molar-refractivity contribution in [3.8, 4) is 6.07 Å². The van der Waals surface area contributed by atoms with Gasteiger partial charge in [-0.2, -0.15) is 5.26 Å². The van der Waals surface area contributed by atoms with Crippen LogP contribution in [0.15, 0.2) is 0 Å². The monoisotopic (exact) mass is 155 g/mol. The lowest BCUT2D eigenvalue weighted by Crippen LogP contribution is -2.40. The minimum atomic E-state index is -0.464. The van der Waals surface area contributed by atoms with Gasteiger partial charge in [0.1, 0.15) is 6.54 Å². The summed E-state index contributed by atoms with van der Waals surface area (Å²) in [4.78, 5) is 10.9. The fourth-order valence-corrected chi connectivity index (χ4v) is 0.700. The van der Waals surface area contributed by atoms with Crippen molar-refractivity contribution >= 4 is 5.91 Å². The molecule has 0 aromatic carbocycles. The minimum Gasteiger partial charge on any atom is -0.342 e. The molecule has 4 nitrogen and oxygen atoms in total. The third kappa shape index (κ3) is 4.34. The maximum Gasteiger partial charge on any atom is 0.237 e. The summed E-state index contributed by atoms with van der Waals surface area (Å²) < 4.78 is 0. The second-order valence-electron chi connectivity index (χ2n) is 2.27. The molecule has 0 bridgehead atoms. The number of nitrogens with zero attached hydrogens (tertiary/aromatic N) is 1. The molecular formula is C7H13N3O. The molecule has 11 heavy (non-hydrogen) atoms. The number of hydrogen-bond donors (Lipinski definition) is 2. The van der Waals surface area contributed by atoms with Gasteiger partial charge in [-0.3, -0.25) is 4.79 Å². The van der Waals surface area contributed by atoms with E-state index in [0.29, 0.717) is 6.42 Å². The van der Waals surface area contributed by atoms with Gasteiger partial charge in [0.2, 0.25) is 5.91 Å². The van der Waals surface area contributed by atoms with Crippen molar-refractivity contribution in [3.63, 3.8) is 0 Å². The topological polar surface area (TPSA) is 78.9 Å². The Bertz CT molecular complexity index is 162. The number of nitrogens with one attached hydrogen (secondary N) is 1. The molecule has 0 aliphatic heterocycles. The molecule has 3 N–H and O–H groups in total. The first-order valence-corrected chi connectivity index (χ1v) is 3.62. The number of amides is 1. The van der Waals surface area contributed by atoms with E-state index in [1.165, 1.54) is 0 Å². The van der Waals surface area contributed by atoms with Crippen LogP contribution in [-0.4, -0.2) is 18.5 Å². The van der Waals surface area contributed by atoms with Crippen molar-refractivity contribution in [2.45, 2.75) is 25.8 Å². The Balaban J connectivity index is 3.57. The third-order valence-corrected chi connectivity index (χ3v) is 1.28. The maximum atomic E-state index is 10.9. The van der Waals surface area contributed by atoms with Gasteiger partial charge in [-0.1, -0.05) is 13.3 Å². The van der Waals surface area contributed by atoms with Crippen molar-refractivity contribution in [2.75, 3.05) is 6.54 Å². The SMILES string of the molecule is CCCC(N)C(=O)NCC#N. The van der Waals surface area contributed by atoms with Gasteiger partial charge in [0.25, 0.3) is 0 Å². The molecule has 1 amide bonds. The van der Waals surface area contributed by atoms with Gasteiger partial charge in [-0.05, 0) is 6.42 Å².